The van der Waals surface area contributed by atoms with E-state index in [1.807, 2.05) is 13.0 Å². The quantitative estimate of drug-likeness (QED) is 0.837. The molecule has 1 amide bonds. The number of carbonyl (C=O) groups excluding carboxylic acids is 1. The lowest BCUT2D eigenvalue weighted by atomic mass is 10.2. The molecular formula is C14H19ClN2O2. The van der Waals surface area contributed by atoms with Gasteiger partial charge in [0.15, 0.2) is 6.61 Å². The van der Waals surface area contributed by atoms with Crippen molar-refractivity contribution in [1.29, 1.82) is 0 Å². The summed E-state index contributed by atoms with van der Waals surface area (Å²) in [5.41, 5.74) is 6.83. The highest BCUT2D eigenvalue weighted by Gasteiger charge is 2.28. The van der Waals surface area contributed by atoms with E-state index in [1.165, 1.54) is 12.8 Å². The molecule has 3 N–H and O–H groups in total. The molecule has 4 nitrogen and oxygen atoms in total. The minimum atomic E-state index is -0.149. The molecule has 1 aliphatic carbocycles. The fourth-order valence-electron chi connectivity index (χ4n) is 1.83. The summed E-state index contributed by atoms with van der Waals surface area (Å²) in [6, 6.07) is 5.39. The number of carbonyl (C=O) groups is 1. The van der Waals surface area contributed by atoms with E-state index < -0.39 is 0 Å². The minimum Gasteiger partial charge on any atom is -0.484 e. The molecular weight excluding hydrogens is 264 g/mol. The molecule has 0 heterocycles. The van der Waals surface area contributed by atoms with E-state index in [4.69, 9.17) is 22.1 Å². The molecule has 0 saturated heterocycles. The molecule has 19 heavy (non-hydrogen) atoms. The maximum Gasteiger partial charge on any atom is 0.257 e. The van der Waals surface area contributed by atoms with Crippen molar-refractivity contribution in [3.8, 4) is 5.75 Å². The highest BCUT2D eigenvalue weighted by atomic mass is 35.5. The van der Waals surface area contributed by atoms with E-state index in [0.717, 1.165) is 5.56 Å². The summed E-state index contributed by atoms with van der Waals surface area (Å²) in [5.74, 6) is 1.08. The van der Waals surface area contributed by atoms with Crippen LogP contribution >= 0.6 is 11.6 Å². The van der Waals surface area contributed by atoms with Gasteiger partial charge >= 0.3 is 0 Å². The van der Waals surface area contributed by atoms with Gasteiger partial charge in [0, 0.05) is 17.6 Å². The van der Waals surface area contributed by atoms with Crippen LogP contribution in [0.5, 0.6) is 5.75 Å². The number of hydrogen-bond donors (Lipinski definition) is 2. The van der Waals surface area contributed by atoms with Gasteiger partial charge in [-0.1, -0.05) is 11.6 Å². The van der Waals surface area contributed by atoms with Gasteiger partial charge in [0.2, 0.25) is 0 Å². The fraction of sp³-hybridized carbons (Fsp3) is 0.500. The average Bonchev–Trinajstić information content (AvgIpc) is 3.21. The molecule has 1 atom stereocenters. The van der Waals surface area contributed by atoms with Crippen LogP contribution < -0.4 is 15.8 Å². The van der Waals surface area contributed by atoms with Crippen LogP contribution in [-0.2, 0) is 4.79 Å². The zero-order chi connectivity index (χ0) is 13.8. The van der Waals surface area contributed by atoms with Crippen LogP contribution in [-0.4, -0.2) is 25.1 Å². The zero-order valence-electron chi connectivity index (χ0n) is 11.0. The number of rotatable bonds is 6. The molecule has 104 valence electrons. The SMILES string of the molecule is Cc1cc(OCC(=O)NCC(N)C2CC2)ccc1Cl. The van der Waals surface area contributed by atoms with Crippen LogP contribution in [0, 0.1) is 12.8 Å². The van der Waals surface area contributed by atoms with E-state index >= 15 is 0 Å². The van der Waals surface area contributed by atoms with Crippen molar-refractivity contribution in [3.05, 3.63) is 28.8 Å². The average molecular weight is 283 g/mol. The number of ether oxygens (including phenoxy) is 1. The number of nitrogens with one attached hydrogen (secondary N) is 1. The Morgan fingerprint density at radius 1 is 1.58 bits per heavy atom. The van der Waals surface area contributed by atoms with Crippen molar-refractivity contribution in [1.82, 2.24) is 5.32 Å². The summed E-state index contributed by atoms with van der Waals surface area (Å²) >= 11 is 5.91. The molecule has 0 aromatic heterocycles. The molecule has 0 aliphatic heterocycles. The van der Waals surface area contributed by atoms with Gasteiger partial charge < -0.3 is 15.8 Å². The standard InChI is InChI=1S/C14H19ClN2O2/c1-9-6-11(4-5-12(9)15)19-8-14(18)17-7-13(16)10-2-3-10/h4-6,10,13H,2-3,7-8,16H2,1H3,(H,17,18). The molecule has 1 aliphatic rings. The van der Waals surface area contributed by atoms with Crippen LogP contribution in [0.15, 0.2) is 18.2 Å². The van der Waals surface area contributed by atoms with Crippen molar-refractivity contribution < 1.29 is 9.53 Å². The number of hydrogen-bond acceptors (Lipinski definition) is 3. The van der Waals surface area contributed by atoms with Crippen molar-refractivity contribution in [3.63, 3.8) is 0 Å². The second-order valence-electron chi connectivity index (χ2n) is 5.01. The topological polar surface area (TPSA) is 64.3 Å². The van der Waals surface area contributed by atoms with E-state index in [2.05, 4.69) is 5.32 Å². The monoisotopic (exact) mass is 282 g/mol. The predicted molar refractivity (Wildman–Crippen MR) is 75.4 cm³/mol. The number of aryl methyl sites for hydroxylation is 1. The van der Waals surface area contributed by atoms with Crippen LogP contribution in [0.25, 0.3) is 0 Å². The third-order valence-electron chi connectivity index (χ3n) is 3.26. The predicted octanol–water partition coefficient (Wildman–Crippen LogP) is 1.88. The Morgan fingerprint density at radius 3 is 2.95 bits per heavy atom. The zero-order valence-corrected chi connectivity index (χ0v) is 11.7. The van der Waals surface area contributed by atoms with Gasteiger partial charge in [-0.15, -0.1) is 0 Å². The van der Waals surface area contributed by atoms with E-state index in [9.17, 15) is 4.79 Å². The lowest BCUT2D eigenvalue weighted by Gasteiger charge is -2.12. The van der Waals surface area contributed by atoms with Crippen LogP contribution in [0.4, 0.5) is 0 Å². The molecule has 1 unspecified atom stereocenters. The van der Waals surface area contributed by atoms with Crippen LogP contribution in [0.2, 0.25) is 5.02 Å². The Morgan fingerprint density at radius 2 is 2.32 bits per heavy atom. The van der Waals surface area contributed by atoms with Gasteiger partial charge in [0.1, 0.15) is 5.75 Å². The summed E-state index contributed by atoms with van der Waals surface area (Å²) < 4.78 is 5.40. The molecule has 0 bridgehead atoms. The summed E-state index contributed by atoms with van der Waals surface area (Å²) in [4.78, 5) is 11.6. The Labute approximate surface area is 118 Å². The molecule has 1 saturated carbocycles. The molecule has 1 fully saturated rings. The van der Waals surface area contributed by atoms with Gasteiger partial charge in [-0.25, -0.2) is 0 Å². The lowest BCUT2D eigenvalue weighted by Crippen LogP contribution is -2.40. The second-order valence-corrected chi connectivity index (χ2v) is 5.41. The number of amides is 1. The first-order chi connectivity index (χ1) is 9.06. The lowest BCUT2D eigenvalue weighted by molar-refractivity contribution is -0.123. The van der Waals surface area contributed by atoms with Crippen molar-refractivity contribution in [2.24, 2.45) is 11.7 Å². The van der Waals surface area contributed by atoms with E-state index in [1.54, 1.807) is 12.1 Å². The van der Waals surface area contributed by atoms with E-state index in [-0.39, 0.29) is 18.6 Å². The fourth-order valence-corrected chi connectivity index (χ4v) is 1.95. The smallest absolute Gasteiger partial charge is 0.257 e. The van der Waals surface area contributed by atoms with Gasteiger partial charge in [-0.3, -0.25) is 4.79 Å². The summed E-state index contributed by atoms with van der Waals surface area (Å²) in [6.45, 7) is 2.41. The third kappa shape index (κ3) is 4.40. The molecule has 5 heteroatoms. The normalized spacial score (nSPS) is 15.9. The Balaban J connectivity index is 1.71. The number of benzene rings is 1. The minimum absolute atomic E-state index is 0.00153. The molecule has 2 rings (SSSR count). The maximum absolute atomic E-state index is 11.6. The first-order valence-corrected chi connectivity index (χ1v) is 6.85. The summed E-state index contributed by atoms with van der Waals surface area (Å²) in [5, 5.41) is 3.47. The Bertz CT molecular complexity index is 461. The Kier molecular flexibility index (Phi) is 4.66. The highest BCUT2D eigenvalue weighted by molar-refractivity contribution is 6.31. The van der Waals surface area contributed by atoms with Crippen LogP contribution in [0.1, 0.15) is 18.4 Å². The van der Waals surface area contributed by atoms with Gasteiger partial charge in [0.25, 0.3) is 5.91 Å². The van der Waals surface area contributed by atoms with Gasteiger partial charge in [0.05, 0.1) is 0 Å². The van der Waals surface area contributed by atoms with Gasteiger partial charge in [-0.05, 0) is 49.4 Å². The third-order valence-corrected chi connectivity index (χ3v) is 3.69. The first kappa shape index (κ1) is 14.2. The van der Waals surface area contributed by atoms with Gasteiger partial charge in [-0.2, -0.15) is 0 Å². The van der Waals surface area contributed by atoms with Crippen LogP contribution in [0.3, 0.4) is 0 Å². The Hall–Kier alpha value is -1.26. The highest BCUT2D eigenvalue weighted by Crippen LogP contribution is 2.31. The second kappa shape index (κ2) is 6.26. The van der Waals surface area contributed by atoms with Crippen molar-refractivity contribution in [2.75, 3.05) is 13.2 Å². The van der Waals surface area contributed by atoms with E-state index in [0.29, 0.717) is 23.2 Å². The number of nitrogens with two attached hydrogens (primary N) is 1. The maximum atomic E-state index is 11.6. The molecule has 1 aromatic carbocycles. The number of halogens is 1. The molecule has 0 radical (unpaired) electrons. The summed E-state index contributed by atoms with van der Waals surface area (Å²) in [7, 11) is 0. The van der Waals surface area contributed by atoms with Crippen molar-refractivity contribution in [2.45, 2.75) is 25.8 Å². The largest absolute Gasteiger partial charge is 0.484 e. The molecule has 1 aromatic rings. The summed E-state index contributed by atoms with van der Waals surface area (Å²) in [6.07, 6.45) is 2.36. The van der Waals surface area contributed by atoms with Crippen molar-refractivity contribution >= 4 is 17.5 Å². The first-order valence-electron chi connectivity index (χ1n) is 6.47. The molecule has 0 spiro atoms.